The Hall–Kier alpha value is -3.68. The van der Waals surface area contributed by atoms with E-state index in [9.17, 15) is 9.59 Å². The lowest BCUT2D eigenvalue weighted by molar-refractivity contribution is -0.165. The third kappa shape index (κ3) is 6.47. The van der Waals surface area contributed by atoms with E-state index in [-0.39, 0.29) is 0 Å². The van der Waals surface area contributed by atoms with Crippen molar-refractivity contribution in [2.45, 2.75) is 38.0 Å². The fraction of sp³-hybridized carbons (Fsp3) is 0.455. The molecule has 0 aromatic carbocycles. The molecule has 4 N–H and O–H groups in total. The lowest BCUT2D eigenvalue weighted by atomic mass is 10.1. The number of methoxy groups -OCH3 is 1. The Morgan fingerprint density at radius 2 is 1.71 bits per heavy atom. The molecule has 3 aromatic heterocycles. The van der Waals surface area contributed by atoms with Crippen molar-refractivity contribution in [3.05, 3.63) is 30.9 Å². The van der Waals surface area contributed by atoms with E-state index in [0.717, 1.165) is 35.4 Å². The summed E-state index contributed by atoms with van der Waals surface area (Å²) in [6, 6.07) is 3.84. The predicted molar refractivity (Wildman–Crippen MR) is 123 cm³/mol. The number of carbonyl (C=O) groups is 2. The largest absolute Gasteiger partial charge is 0.481 e. The Kier molecular flexibility index (Phi) is 9.00. The van der Waals surface area contributed by atoms with Gasteiger partial charge in [-0.25, -0.2) is 29.2 Å². The van der Waals surface area contributed by atoms with Crippen LogP contribution >= 0.6 is 0 Å². The molecule has 0 saturated carbocycles. The summed E-state index contributed by atoms with van der Waals surface area (Å²) in [7, 11) is 1.62. The highest BCUT2D eigenvalue weighted by atomic mass is 16.5. The monoisotopic (exact) mass is 488 g/mol. The number of nitrogens with zero attached hydrogens (tertiary/aromatic N) is 6. The molecule has 13 nitrogen and oxygen atoms in total. The molecule has 188 valence electrons. The molecular weight excluding hydrogens is 460 g/mol. The van der Waals surface area contributed by atoms with Crippen molar-refractivity contribution in [1.82, 2.24) is 29.6 Å². The van der Waals surface area contributed by atoms with Crippen molar-refractivity contribution in [3.63, 3.8) is 0 Å². The summed E-state index contributed by atoms with van der Waals surface area (Å²) in [6.45, 7) is 4.22. The molecule has 35 heavy (non-hydrogen) atoms. The van der Waals surface area contributed by atoms with E-state index in [2.05, 4.69) is 25.0 Å². The van der Waals surface area contributed by atoms with Gasteiger partial charge < -0.3 is 30.1 Å². The van der Waals surface area contributed by atoms with Gasteiger partial charge in [0.05, 0.1) is 36.5 Å². The summed E-state index contributed by atoms with van der Waals surface area (Å²) >= 11 is 0. The van der Waals surface area contributed by atoms with E-state index >= 15 is 0 Å². The Balaban J connectivity index is 0.000000292. The molecule has 1 aliphatic rings. The average molecular weight is 489 g/mol. The molecule has 13 heteroatoms. The van der Waals surface area contributed by atoms with Gasteiger partial charge in [0.1, 0.15) is 6.33 Å². The molecule has 2 atom stereocenters. The topological polar surface area (TPSA) is 184 Å². The molecule has 1 saturated heterocycles. The second kappa shape index (κ2) is 12.1. The molecule has 0 bridgehead atoms. The Morgan fingerprint density at radius 3 is 2.34 bits per heavy atom. The van der Waals surface area contributed by atoms with Crippen LogP contribution in [0.3, 0.4) is 0 Å². The smallest absolute Gasteiger partial charge is 0.335 e. The van der Waals surface area contributed by atoms with Crippen LogP contribution in [-0.4, -0.2) is 101 Å². The molecular formula is C22H28N6O7. The second-order valence-corrected chi connectivity index (χ2v) is 7.86. The normalized spacial score (nSPS) is 15.6. The van der Waals surface area contributed by atoms with Gasteiger partial charge in [-0.1, -0.05) is 6.42 Å². The zero-order chi connectivity index (χ0) is 25.4. The third-order valence-electron chi connectivity index (χ3n) is 5.54. The van der Waals surface area contributed by atoms with Gasteiger partial charge in [-0.15, -0.1) is 0 Å². The van der Waals surface area contributed by atoms with E-state index in [1.807, 2.05) is 23.0 Å². The zero-order valence-corrected chi connectivity index (χ0v) is 19.2. The summed E-state index contributed by atoms with van der Waals surface area (Å²) in [5, 5.41) is 38.0. The fourth-order valence-corrected chi connectivity index (χ4v) is 3.69. The summed E-state index contributed by atoms with van der Waals surface area (Å²) in [4.78, 5) is 35.2. The van der Waals surface area contributed by atoms with Gasteiger partial charge in [-0.3, -0.25) is 0 Å². The first-order valence-corrected chi connectivity index (χ1v) is 11.0. The van der Waals surface area contributed by atoms with Gasteiger partial charge in [-0.2, -0.15) is 5.10 Å². The highest BCUT2D eigenvalue weighted by Crippen LogP contribution is 2.30. The molecule has 1 fully saturated rings. The molecule has 0 aliphatic carbocycles. The molecule has 1 aliphatic heterocycles. The Bertz CT molecular complexity index is 1130. The van der Waals surface area contributed by atoms with Crippen LogP contribution in [0.5, 0.6) is 5.88 Å². The number of hydrogen-bond acceptors (Lipinski definition) is 10. The van der Waals surface area contributed by atoms with Gasteiger partial charge >= 0.3 is 11.9 Å². The number of ether oxygens (including phenoxy) is 1. The van der Waals surface area contributed by atoms with Crippen LogP contribution in [-0.2, 0) is 16.1 Å². The number of aliphatic hydroxyl groups is 2. The van der Waals surface area contributed by atoms with E-state index in [0.29, 0.717) is 5.88 Å². The fourth-order valence-electron chi connectivity index (χ4n) is 3.69. The second-order valence-electron chi connectivity index (χ2n) is 7.86. The number of carboxylic acids is 2. The summed E-state index contributed by atoms with van der Waals surface area (Å²) in [6.07, 6.45) is 4.55. The first kappa shape index (κ1) is 25.9. The van der Waals surface area contributed by atoms with E-state index in [1.54, 1.807) is 19.6 Å². The lowest BCUT2D eigenvalue weighted by Gasteiger charge is -2.26. The number of aliphatic hydroxyl groups excluding tert-OH is 2. The SMILES string of the molecule is COc1ncccc1-c1ncnc2c1cnn2CCN1CCCCC1.O=C(O)[C@H](O)[C@@H](O)C(=O)O. The number of hydrogen-bond donors (Lipinski definition) is 4. The van der Waals surface area contributed by atoms with Gasteiger partial charge in [0.15, 0.2) is 17.9 Å². The molecule has 3 aromatic rings. The lowest BCUT2D eigenvalue weighted by Crippen LogP contribution is -2.39. The van der Waals surface area contributed by atoms with Crippen LogP contribution in [0.25, 0.3) is 22.3 Å². The van der Waals surface area contributed by atoms with Crippen molar-refractivity contribution >= 4 is 23.0 Å². The number of rotatable bonds is 8. The van der Waals surface area contributed by atoms with Gasteiger partial charge in [0, 0.05) is 12.7 Å². The van der Waals surface area contributed by atoms with Crippen molar-refractivity contribution in [2.24, 2.45) is 0 Å². The summed E-state index contributed by atoms with van der Waals surface area (Å²) in [5.41, 5.74) is 2.51. The standard InChI is InChI=1S/C18H22N6O.C4H6O6/c1-25-18-14(6-5-7-19-18)16-15-12-22-24(17(15)21-13-20-16)11-10-23-8-3-2-4-9-23;5-1(3(7)8)2(6)4(9)10/h5-7,12-13H,2-4,8-11H2,1H3;1-2,5-6H,(H,7,8)(H,9,10)/t;1-,2-/m.1/s1. The van der Waals surface area contributed by atoms with E-state index < -0.39 is 24.1 Å². The van der Waals surface area contributed by atoms with Crippen LogP contribution in [0, 0.1) is 0 Å². The van der Waals surface area contributed by atoms with Crippen molar-refractivity contribution in [1.29, 1.82) is 0 Å². The minimum atomic E-state index is -2.27. The zero-order valence-electron chi connectivity index (χ0n) is 19.2. The molecule has 0 unspecified atom stereocenters. The van der Waals surface area contributed by atoms with Crippen molar-refractivity contribution in [3.8, 4) is 17.1 Å². The van der Waals surface area contributed by atoms with Gasteiger partial charge in [0.25, 0.3) is 0 Å². The van der Waals surface area contributed by atoms with Crippen LogP contribution in [0.1, 0.15) is 19.3 Å². The molecule has 0 radical (unpaired) electrons. The number of piperidine rings is 1. The highest BCUT2D eigenvalue weighted by molar-refractivity contribution is 5.91. The predicted octanol–water partition coefficient (Wildman–Crippen LogP) is 0.260. The van der Waals surface area contributed by atoms with Gasteiger partial charge in [0.2, 0.25) is 5.88 Å². The minimum absolute atomic E-state index is 0.559. The number of likely N-dealkylation sites (tertiary alicyclic amines) is 1. The average Bonchev–Trinajstić information content (AvgIpc) is 3.30. The minimum Gasteiger partial charge on any atom is -0.481 e. The summed E-state index contributed by atoms with van der Waals surface area (Å²) < 4.78 is 7.35. The molecule has 4 rings (SSSR count). The number of aliphatic carboxylic acids is 2. The molecule has 0 spiro atoms. The molecule has 0 amide bonds. The van der Waals surface area contributed by atoms with Crippen molar-refractivity contribution < 1.29 is 34.8 Å². The number of aromatic nitrogens is 5. The Morgan fingerprint density at radius 1 is 1.03 bits per heavy atom. The van der Waals surface area contributed by atoms with Crippen LogP contribution < -0.4 is 4.74 Å². The maximum Gasteiger partial charge on any atom is 0.335 e. The first-order valence-electron chi connectivity index (χ1n) is 11.0. The summed E-state index contributed by atoms with van der Waals surface area (Å²) in [5.74, 6) is -2.98. The number of pyridine rings is 1. The first-order chi connectivity index (χ1) is 16.8. The highest BCUT2D eigenvalue weighted by Gasteiger charge is 2.29. The van der Waals surface area contributed by atoms with Gasteiger partial charge in [-0.05, 0) is 38.1 Å². The van der Waals surface area contributed by atoms with Crippen molar-refractivity contribution in [2.75, 3.05) is 26.7 Å². The van der Waals surface area contributed by atoms with E-state index in [4.69, 9.17) is 25.2 Å². The number of fused-ring (bicyclic) bond motifs is 1. The van der Waals surface area contributed by atoms with Crippen LogP contribution in [0.2, 0.25) is 0 Å². The van der Waals surface area contributed by atoms with Crippen LogP contribution in [0.15, 0.2) is 30.9 Å². The van der Waals surface area contributed by atoms with Crippen LogP contribution in [0.4, 0.5) is 0 Å². The maximum atomic E-state index is 9.77. The third-order valence-corrected chi connectivity index (χ3v) is 5.54. The molecule has 4 heterocycles. The maximum absolute atomic E-state index is 9.77. The number of carboxylic acid groups (broad SMARTS) is 2. The Labute approximate surface area is 200 Å². The van der Waals surface area contributed by atoms with E-state index in [1.165, 1.54) is 32.4 Å². The quantitative estimate of drug-likeness (QED) is 0.340.